The van der Waals surface area contributed by atoms with Crippen molar-refractivity contribution in [3.63, 3.8) is 0 Å². The highest BCUT2D eigenvalue weighted by Crippen LogP contribution is 2.29. The van der Waals surface area contributed by atoms with Gasteiger partial charge in [-0.15, -0.1) is 11.3 Å². The van der Waals surface area contributed by atoms with Gasteiger partial charge in [-0.3, -0.25) is 10.1 Å². The molecule has 3 aliphatic rings. The summed E-state index contributed by atoms with van der Waals surface area (Å²) in [6, 6.07) is 3.21. The van der Waals surface area contributed by atoms with E-state index in [9.17, 15) is 18.0 Å². The Hall–Kier alpha value is -1.69. The van der Waals surface area contributed by atoms with E-state index in [-0.39, 0.29) is 22.1 Å². The number of piperidine rings is 1. The lowest BCUT2D eigenvalue weighted by molar-refractivity contribution is -0.127. The third kappa shape index (κ3) is 5.62. The number of hydrogen-bond acceptors (Lipinski definition) is 6. The second-order valence-electron chi connectivity index (χ2n) is 8.67. The van der Waals surface area contributed by atoms with Crippen molar-refractivity contribution in [3.8, 4) is 0 Å². The number of rotatable bonds is 5. The Labute approximate surface area is 193 Å². The average Bonchev–Trinajstić information content (AvgIpc) is 3.30. The molecule has 0 bridgehead atoms. The molecule has 1 aromatic heterocycles. The minimum Gasteiger partial charge on any atom is -0.379 e. The van der Waals surface area contributed by atoms with E-state index in [4.69, 9.17) is 4.74 Å². The van der Waals surface area contributed by atoms with Gasteiger partial charge in [0.25, 0.3) is 10.0 Å². The van der Waals surface area contributed by atoms with Gasteiger partial charge in [0.05, 0.1) is 18.2 Å². The number of likely N-dealkylation sites (tertiary alicyclic amines) is 1. The minimum absolute atomic E-state index is 0.0482. The summed E-state index contributed by atoms with van der Waals surface area (Å²) in [5, 5.41) is 6.50. The van der Waals surface area contributed by atoms with Gasteiger partial charge in [0, 0.05) is 38.1 Å². The molecule has 0 unspecified atom stereocenters. The van der Waals surface area contributed by atoms with Crippen LogP contribution in [0.1, 0.15) is 44.9 Å². The second kappa shape index (κ2) is 10.5. The number of hydrogen-bond donors (Lipinski definition) is 2. The standard InChI is InChI=1S/C21H32N4O5S2/c26-20(22-17-4-2-1-3-5-17)16-8-10-24(11-9-16)21(27)23-18-6-7-19(31-18)32(28,29)25-12-14-30-15-13-25/h6-7,16-17H,1-5,8-15H2,(H,22,26)(H,23,27). The Balaban J connectivity index is 1.26. The van der Waals surface area contributed by atoms with Crippen molar-refractivity contribution in [1.82, 2.24) is 14.5 Å². The van der Waals surface area contributed by atoms with Crippen LogP contribution in [0.2, 0.25) is 0 Å². The molecule has 178 valence electrons. The molecule has 11 heteroatoms. The zero-order chi connectivity index (χ0) is 22.6. The van der Waals surface area contributed by atoms with Gasteiger partial charge in [0.15, 0.2) is 0 Å². The Morgan fingerprint density at radius 3 is 2.34 bits per heavy atom. The molecule has 2 N–H and O–H groups in total. The summed E-state index contributed by atoms with van der Waals surface area (Å²) in [5.74, 6) is 0.0705. The zero-order valence-electron chi connectivity index (χ0n) is 18.3. The van der Waals surface area contributed by atoms with Gasteiger partial charge in [-0.1, -0.05) is 19.3 Å². The van der Waals surface area contributed by atoms with E-state index >= 15 is 0 Å². The smallest absolute Gasteiger partial charge is 0.322 e. The first-order valence-corrected chi connectivity index (χ1v) is 13.7. The normalized spacial score (nSPS) is 21.9. The van der Waals surface area contributed by atoms with Crippen molar-refractivity contribution in [3.05, 3.63) is 12.1 Å². The van der Waals surface area contributed by atoms with E-state index in [1.165, 1.54) is 29.6 Å². The summed E-state index contributed by atoms with van der Waals surface area (Å²) in [5.41, 5.74) is 0. The largest absolute Gasteiger partial charge is 0.379 e. The van der Waals surface area contributed by atoms with Gasteiger partial charge in [-0.25, -0.2) is 13.2 Å². The summed E-state index contributed by atoms with van der Waals surface area (Å²) in [6.07, 6.45) is 7.04. The lowest BCUT2D eigenvalue weighted by atomic mass is 9.92. The average molecular weight is 485 g/mol. The molecule has 1 aliphatic carbocycles. The Bertz CT molecular complexity index is 899. The number of thiophene rings is 1. The van der Waals surface area contributed by atoms with Gasteiger partial charge in [-0.05, 0) is 37.8 Å². The number of amides is 3. The number of urea groups is 1. The van der Waals surface area contributed by atoms with E-state index < -0.39 is 10.0 Å². The number of ether oxygens (including phenoxy) is 1. The van der Waals surface area contributed by atoms with Crippen LogP contribution in [0.25, 0.3) is 0 Å². The van der Waals surface area contributed by atoms with Crippen LogP contribution < -0.4 is 10.6 Å². The number of anilines is 1. The van der Waals surface area contributed by atoms with Gasteiger partial charge >= 0.3 is 6.03 Å². The van der Waals surface area contributed by atoms with Crippen molar-refractivity contribution in [2.24, 2.45) is 5.92 Å². The predicted molar refractivity (Wildman–Crippen MR) is 122 cm³/mol. The van der Waals surface area contributed by atoms with E-state index in [0.717, 1.165) is 24.2 Å². The summed E-state index contributed by atoms with van der Waals surface area (Å²) in [7, 11) is -3.57. The predicted octanol–water partition coefficient (Wildman–Crippen LogP) is 2.46. The molecule has 3 fully saturated rings. The monoisotopic (exact) mass is 484 g/mol. The van der Waals surface area contributed by atoms with Gasteiger partial charge < -0.3 is 15.0 Å². The van der Waals surface area contributed by atoms with Crippen molar-refractivity contribution >= 4 is 38.3 Å². The molecule has 0 spiro atoms. The van der Waals surface area contributed by atoms with Crippen LogP contribution in [-0.4, -0.2) is 75.0 Å². The van der Waals surface area contributed by atoms with E-state index in [2.05, 4.69) is 10.6 Å². The Morgan fingerprint density at radius 1 is 0.969 bits per heavy atom. The highest BCUT2D eigenvalue weighted by atomic mass is 32.2. The fourth-order valence-corrected chi connectivity index (χ4v) is 7.29. The Morgan fingerprint density at radius 2 is 1.66 bits per heavy atom. The lowest BCUT2D eigenvalue weighted by Crippen LogP contribution is -2.46. The highest BCUT2D eigenvalue weighted by molar-refractivity contribution is 7.91. The SMILES string of the molecule is O=C(NC1CCCCC1)C1CCN(C(=O)Nc2ccc(S(=O)(=O)N3CCOCC3)s2)CC1. The number of morpholine rings is 1. The number of sulfonamides is 1. The van der Waals surface area contributed by atoms with Crippen molar-refractivity contribution in [2.75, 3.05) is 44.7 Å². The number of carbonyl (C=O) groups excluding carboxylic acids is 2. The van der Waals surface area contributed by atoms with E-state index in [1.807, 2.05) is 0 Å². The van der Waals surface area contributed by atoms with Crippen LogP contribution in [0, 0.1) is 5.92 Å². The molecular weight excluding hydrogens is 452 g/mol. The quantitative estimate of drug-likeness (QED) is 0.668. The highest BCUT2D eigenvalue weighted by Gasteiger charge is 2.30. The molecule has 0 atom stereocenters. The number of carbonyl (C=O) groups is 2. The Kier molecular flexibility index (Phi) is 7.70. The second-order valence-corrected chi connectivity index (χ2v) is 11.9. The molecule has 3 heterocycles. The molecule has 1 aromatic rings. The fourth-order valence-electron chi connectivity index (χ4n) is 4.54. The third-order valence-corrected chi connectivity index (χ3v) is 9.85. The van der Waals surface area contributed by atoms with Crippen LogP contribution in [0.15, 0.2) is 16.3 Å². The summed E-state index contributed by atoms with van der Waals surface area (Å²) < 4.78 is 32.4. The molecule has 0 radical (unpaired) electrons. The molecule has 2 aliphatic heterocycles. The van der Waals surface area contributed by atoms with Crippen molar-refractivity contribution < 1.29 is 22.7 Å². The fraction of sp³-hybridized carbons (Fsp3) is 0.714. The van der Waals surface area contributed by atoms with Gasteiger partial charge in [0.1, 0.15) is 4.21 Å². The van der Waals surface area contributed by atoms with Crippen LogP contribution in [0.4, 0.5) is 9.80 Å². The van der Waals surface area contributed by atoms with Gasteiger partial charge in [-0.2, -0.15) is 4.31 Å². The molecular formula is C21H32N4O5S2. The summed E-state index contributed by atoms with van der Waals surface area (Å²) in [6.45, 7) is 2.49. The van der Waals surface area contributed by atoms with Gasteiger partial charge in [0.2, 0.25) is 5.91 Å². The number of nitrogens with one attached hydrogen (secondary N) is 2. The summed E-state index contributed by atoms with van der Waals surface area (Å²) in [4.78, 5) is 26.9. The van der Waals surface area contributed by atoms with Crippen molar-refractivity contribution in [2.45, 2.75) is 55.2 Å². The molecule has 1 saturated carbocycles. The maximum atomic E-state index is 12.8. The molecule has 4 rings (SSSR count). The first-order chi connectivity index (χ1) is 15.4. The topological polar surface area (TPSA) is 108 Å². The molecule has 2 saturated heterocycles. The van der Waals surface area contributed by atoms with Crippen LogP contribution in [-0.2, 0) is 19.6 Å². The maximum Gasteiger partial charge on any atom is 0.322 e. The molecule has 9 nitrogen and oxygen atoms in total. The third-order valence-electron chi connectivity index (χ3n) is 6.48. The van der Waals surface area contributed by atoms with Crippen LogP contribution >= 0.6 is 11.3 Å². The van der Waals surface area contributed by atoms with Crippen molar-refractivity contribution in [1.29, 1.82) is 0 Å². The first kappa shape index (κ1) is 23.5. The molecule has 3 amide bonds. The number of nitrogens with zero attached hydrogens (tertiary/aromatic N) is 2. The maximum absolute atomic E-state index is 12.8. The molecule has 0 aromatic carbocycles. The minimum atomic E-state index is -3.57. The van der Waals surface area contributed by atoms with E-state index in [0.29, 0.717) is 63.3 Å². The van der Waals surface area contributed by atoms with Crippen LogP contribution in [0.3, 0.4) is 0 Å². The first-order valence-electron chi connectivity index (χ1n) is 11.5. The van der Waals surface area contributed by atoms with E-state index in [1.54, 1.807) is 11.0 Å². The molecule has 32 heavy (non-hydrogen) atoms. The van der Waals surface area contributed by atoms with Crippen LogP contribution in [0.5, 0.6) is 0 Å². The lowest BCUT2D eigenvalue weighted by Gasteiger charge is -2.32. The zero-order valence-corrected chi connectivity index (χ0v) is 19.9. The summed E-state index contributed by atoms with van der Waals surface area (Å²) >= 11 is 1.06.